The zero-order chi connectivity index (χ0) is 24.5. The summed E-state index contributed by atoms with van der Waals surface area (Å²) in [4.78, 5) is 16.9. The van der Waals surface area contributed by atoms with Crippen LogP contribution in [0.25, 0.3) is 33.8 Å². The second-order valence-corrected chi connectivity index (χ2v) is 9.56. The Labute approximate surface area is 211 Å². The van der Waals surface area contributed by atoms with E-state index in [1.165, 1.54) is 12.0 Å². The summed E-state index contributed by atoms with van der Waals surface area (Å²) in [5, 5.41) is 3.40. The lowest BCUT2D eigenvalue weighted by Crippen LogP contribution is -2.29. The van der Waals surface area contributed by atoms with Crippen LogP contribution in [0.1, 0.15) is 30.5 Å². The minimum Gasteiger partial charge on any atom is -0.383 e. The lowest BCUT2D eigenvalue weighted by atomic mass is 10.0. The number of hydrogen-bond acceptors (Lipinski definition) is 6. The lowest BCUT2D eigenvalue weighted by Gasteiger charge is -2.16. The molecule has 1 fully saturated rings. The highest BCUT2D eigenvalue weighted by Gasteiger charge is 2.22. The molecule has 3 N–H and O–H groups in total. The number of anilines is 1. The Morgan fingerprint density at radius 1 is 1.06 bits per heavy atom. The number of nitrogens with zero attached hydrogens (tertiary/aromatic N) is 5. The fourth-order valence-electron chi connectivity index (χ4n) is 5.17. The molecular formula is C29H31N7. The van der Waals surface area contributed by atoms with Gasteiger partial charge in [-0.1, -0.05) is 30.4 Å². The molecule has 36 heavy (non-hydrogen) atoms. The molecule has 182 valence electrons. The van der Waals surface area contributed by atoms with Crippen LogP contribution in [0, 0.1) is 0 Å². The topological polar surface area (TPSA) is 84.9 Å². The summed E-state index contributed by atoms with van der Waals surface area (Å²) in [6, 6.07) is 17.3. The monoisotopic (exact) mass is 477 g/mol. The van der Waals surface area contributed by atoms with Crippen molar-refractivity contribution in [1.82, 2.24) is 29.7 Å². The Bertz CT molecular complexity index is 1450. The molecule has 1 atom stereocenters. The second kappa shape index (κ2) is 9.68. The van der Waals surface area contributed by atoms with Gasteiger partial charge in [-0.25, -0.2) is 15.0 Å². The van der Waals surface area contributed by atoms with Gasteiger partial charge in [0.15, 0.2) is 11.5 Å². The van der Waals surface area contributed by atoms with Gasteiger partial charge in [0.2, 0.25) is 0 Å². The van der Waals surface area contributed by atoms with Crippen molar-refractivity contribution in [2.45, 2.75) is 31.8 Å². The van der Waals surface area contributed by atoms with Gasteiger partial charge < -0.3 is 11.1 Å². The van der Waals surface area contributed by atoms with Gasteiger partial charge in [0.1, 0.15) is 11.3 Å². The van der Waals surface area contributed by atoms with Crippen molar-refractivity contribution in [2.24, 2.45) is 0 Å². The highest BCUT2D eigenvalue weighted by molar-refractivity contribution is 5.85. The Morgan fingerprint density at radius 2 is 1.94 bits per heavy atom. The number of benzene rings is 1. The molecule has 6 rings (SSSR count). The highest BCUT2D eigenvalue weighted by atomic mass is 15.2. The summed E-state index contributed by atoms with van der Waals surface area (Å²) in [5.74, 6) is 1.20. The van der Waals surface area contributed by atoms with E-state index in [-0.39, 0.29) is 0 Å². The Hall–Kier alpha value is -3.81. The maximum Gasteiger partial charge on any atom is 0.165 e. The van der Waals surface area contributed by atoms with E-state index in [4.69, 9.17) is 15.7 Å². The fourth-order valence-corrected chi connectivity index (χ4v) is 5.17. The number of pyridine rings is 2. The van der Waals surface area contributed by atoms with Gasteiger partial charge in [0.25, 0.3) is 0 Å². The van der Waals surface area contributed by atoms with Crippen LogP contribution in [0.5, 0.6) is 0 Å². The van der Waals surface area contributed by atoms with E-state index >= 15 is 0 Å². The number of rotatable bonds is 6. The molecule has 1 aromatic carbocycles. The molecular weight excluding hydrogens is 446 g/mol. The minimum absolute atomic E-state index is 0.456. The third-order valence-electron chi connectivity index (χ3n) is 7.16. The molecule has 1 aliphatic heterocycles. The average molecular weight is 478 g/mol. The zero-order valence-electron chi connectivity index (χ0n) is 20.6. The van der Waals surface area contributed by atoms with Gasteiger partial charge in [-0.2, -0.15) is 0 Å². The predicted octanol–water partition coefficient (Wildman–Crippen LogP) is 4.59. The molecule has 1 saturated heterocycles. The standard InChI is InChI=1S/C29H31N7/c1-31-22-15-17-35(19-22)18-20-9-11-23(12-10-20)36-28(24-8-5-16-32-27(24)30)34-26-14-13-25(33-29(26)36)21-6-3-2-4-7-21/h3,5-14,16,22,31H,2,4,15,17-19H2,1H3,(H2,30,32). The van der Waals surface area contributed by atoms with Crippen LogP contribution in [-0.4, -0.2) is 50.6 Å². The fraction of sp³-hybridized carbons (Fsp3) is 0.276. The van der Waals surface area contributed by atoms with Gasteiger partial charge >= 0.3 is 0 Å². The molecule has 1 unspecified atom stereocenters. The number of allylic oxidation sites excluding steroid dienone is 4. The minimum atomic E-state index is 0.456. The molecule has 3 aromatic heterocycles. The van der Waals surface area contributed by atoms with E-state index in [1.54, 1.807) is 6.20 Å². The molecule has 0 spiro atoms. The molecule has 0 saturated carbocycles. The van der Waals surface area contributed by atoms with Crippen LogP contribution in [0.3, 0.4) is 0 Å². The molecule has 1 aliphatic carbocycles. The number of fused-ring (bicyclic) bond motifs is 1. The van der Waals surface area contributed by atoms with Gasteiger partial charge in [0, 0.05) is 37.6 Å². The summed E-state index contributed by atoms with van der Waals surface area (Å²) in [5.41, 5.74) is 13.1. The first-order valence-corrected chi connectivity index (χ1v) is 12.7. The van der Waals surface area contributed by atoms with Crippen molar-refractivity contribution < 1.29 is 0 Å². The average Bonchev–Trinajstić information content (AvgIpc) is 3.54. The number of aromatic nitrogens is 4. The second-order valence-electron chi connectivity index (χ2n) is 9.56. The molecule has 0 amide bonds. The first-order chi connectivity index (χ1) is 17.7. The number of nitrogens with two attached hydrogens (primary N) is 1. The van der Waals surface area contributed by atoms with Crippen LogP contribution < -0.4 is 11.1 Å². The van der Waals surface area contributed by atoms with Crippen molar-refractivity contribution in [3.63, 3.8) is 0 Å². The first kappa shape index (κ1) is 22.6. The maximum absolute atomic E-state index is 6.29. The number of likely N-dealkylation sites (N-methyl/N-ethyl adjacent to an activating group) is 1. The number of nitrogen functional groups attached to an aromatic ring is 1. The van der Waals surface area contributed by atoms with Crippen molar-refractivity contribution in [1.29, 1.82) is 0 Å². The smallest absolute Gasteiger partial charge is 0.165 e. The first-order valence-electron chi connectivity index (χ1n) is 12.7. The van der Waals surface area contributed by atoms with E-state index < -0.39 is 0 Å². The lowest BCUT2D eigenvalue weighted by molar-refractivity contribution is 0.322. The number of hydrogen-bond donors (Lipinski definition) is 2. The summed E-state index contributed by atoms with van der Waals surface area (Å²) in [6.07, 6.45) is 11.6. The SMILES string of the molecule is CNC1CCN(Cc2ccc(-n3c(-c4cccnc4N)nc4ccc(C5=CCCC=C5)nc43)cc2)C1. The predicted molar refractivity (Wildman–Crippen MR) is 146 cm³/mol. The van der Waals surface area contributed by atoms with E-state index in [2.05, 4.69) is 68.3 Å². The van der Waals surface area contributed by atoms with Crippen LogP contribution in [0.15, 0.2) is 73.0 Å². The van der Waals surface area contributed by atoms with Gasteiger partial charge in [-0.05, 0) is 73.8 Å². The van der Waals surface area contributed by atoms with Crippen molar-refractivity contribution in [2.75, 3.05) is 25.9 Å². The normalized spacial score (nSPS) is 18.1. The summed E-state index contributed by atoms with van der Waals surface area (Å²) < 4.78 is 2.11. The Morgan fingerprint density at radius 3 is 2.69 bits per heavy atom. The number of imidazole rings is 1. The van der Waals surface area contributed by atoms with Gasteiger partial charge in [-0.15, -0.1) is 0 Å². The summed E-state index contributed by atoms with van der Waals surface area (Å²) in [7, 11) is 2.05. The zero-order valence-corrected chi connectivity index (χ0v) is 20.6. The molecule has 4 heterocycles. The molecule has 2 aliphatic rings. The van der Waals surface area contributed by atoms with E-state index in [1.807, 2.05) is 25.2 Å². The highest BCUT2D eigenvalue weighted by Crippen LogP contribution is 2.32. The summed E-state index contributed by atoms with van der Waals surface area (Å²) >= 11 is 0. The molecule has 4 aromatic rings. The van der Waals surface area contributed by atoms with E-state index in [0.717, 1.165) is 72.0 Å². The number of likely N-dealkylation sites (tertiary alicyclic amines) is 1. The van der Waals surface area contributed by atoms with Crippen molar-refractivity contribution in [3.8, 4) is 17.1 Å². The van der Waals surface area contributed by atoms with E-state index in [9.17, 15) is 0 Å². The Kier molecular flexibility index (Phi) is 6.09. The number of nitrogens with one attached hydrogen (secondary N) is 1. The van der Waals surface area contributed by atoms with Crippen molar-refractivity contribution in [3.05, 3.63) is 84.2 Å². The molecule has 0 radical (unpaired) electrons. The quantitative estimate of drug-likeness (QED) is 0.423. The maximum atomic E-state index is 6.29. The largest absolute Gasteiger partial charge is 0.383 e. The summed E-state index contributed by atoms with van der Waals surface area (Å²) in [6.45, 7) is 3.17. The van der Waals surface area contributed by atoms with E-state index in [0.29, 0.717) is 11.9 Å². The molecule has 7 heteroatoms. The van der Waals surface area contributed by atoms with Crippen LogP contribution in [0.4, 0.5) is 5.82 Å². The van der Waals surface area contributed by atoms with Gasteiger partial charge in [-0.3, -0.25) is 9.47 Å². The van der Waals surface area contributed by atoms with Crippen LogP contribution >= 0.6 is 0 Å². The van der Waals surface area contributed by atoms with Crippen molar-refractivity contribution >= 4 is 22.6 Å². The third kappa shape index (κ3) is 4.32. The Balaban J connectivity index is 1.42. The van der Waals surface area contributed by atoms with Crippen LogP contribution in [-0.2, 0) is 6.54 Å². The van der Waals surface area contributed by atoms with Crippen LogP contribution in [0.2, 0.25) is 0 Å². The molecule has 0 bridgehead atoms. The molecule has 7 nitrogen and oxygen atoms in total. The van der Waals surface area contributed by atoms with Gasteiger partial charge in [0.05, 0.1) is 11.3 Å². The third-order valence-corrected chi connectivity index (χ3v) is 7.16.